The van der Waals surface area contributed by atoms with Gasteiger partial charge in [-0.3, -0.25) is 14.6 Å². The SMILES string of the molecule is CC(=O)Oc1ccc2c(=O)c(-c3ccccn3)c(C)oc2c1C. The maximum absolute atomic E-state index is 12.8. The maximum atomic E-state index is 12.8. The van der Waals surface area contributed by atoms with E-state index in [4.69, 9.17) is 9.15 Å². The van der Waals surface area contributed by atoms with Crippen molar-refractivity contribution in [3.8, 4) is 17.0 Å². The smallest absolute Gasteiger partial charge is 0.308 e. The van der Waals surface area contributed by atoms with Crippen LogP contribution in [0, 0.1) is 13.8 Å². The lowest BCUT2D eigenvalue weighted by atomic mass is 10.0. The van der Waals surface area contributed by atoms with Crippen molar-refractivity contribution in [1.29, 1.82) is 0 Å². The van der Waals surface area contributed by atoms with Crippen molar-refractivity contribution < 1.29 is 13.9 Å². The first-order valence-corrected chi connectivity index (χ1v) is 7.16. The number of pyridine rings is 1. The minimum Gasteiger partial charge on any atom is -0.460 e. The van der Waals surface area contributed by atoms with Gasteiger partial charge in [-0.1, -0.05) is 6.07 Å². The van der Waals surface area contributed by atoms with E-state index in [0.717, 1.165) is 0 Å². The molecule has 3 rings (SSSR count). The van der Waals surface area contributed by atoms with E-state index in [-0.39, 0.29) is 5.43 Å². The quantitative estimate of drug-likeness (QED) is 0.536. The molecule has 0 radical (unpaired) electrons. The van der Waals surface area contributed by atoms with Gasteiger partial charge in [0.05, 0.1) is 16.6 Å². The van der Waals surface area contributed by atoms with Gasteiger partial charge in [0, 0.05) is 18.7 Å². The van der Waals surface area contributed by atoms with Crippen LogP contribution in [0.15, 0.2) is 45.7 Å². The lowest BCUT2D eigenvalue weighted by Gasteiger charge is -2.10. The highest BCUT2D eigenvalue weighted by atomic mass is 16.5. The lowest BCUT2D eigenvalue weighted by Crippen LogP contribution is -2.10. The predicted octanol–water partition coefficient (Wildman–Crippen LogP) is 3.40. The van der Waals surface area contributed by atoms with Crippen LogP contribution in [0.2, 0.25) is 0 Å². The molecule has 23 heavy (non-hydrogen) atoms. The fourth-order valence-electron chi connectivity index (χ4n) is 2.56. The van der Waals surface area contributed by atoms with Crippen LogP contribution >= 0.6 is 0 Å². The number of nitrogens with zero attached hydrogens (tertiary/aromatic N) is 1. The molecule has 0 unspecified atom stereocenters. The number of rotatable bonds is 2. The van der Waals surface area contributed by atoms with E-state index in [2.05, 4.69) is 4.98 Å². The molecule has 3 aromatic rings. The number of hydrogen-bond acceptors (Lipinski definition) is 5. The number of benzene rings is 1. The van der Waals surface area contributed by atoms with Crippen molar-refractivity contribution in [1.82, 2.24) is 4.98 Å². The molecule has 0 spiro atoms. The molecule has 5 heteroatoms. The number of carbonyl (C=O) groups excluding carboxylic acids is 1. The van der Waals surface area contributed by atoms with Crippen LogP contribution in [0.25, 0.3) is 22.2 Å². The number of carbonyl (C=O) groups is 1. The van der Waals surface area contributed by atoms with Crippen molar-refractivity contribution in [3.05, 3.63) is 58.1 Å². The predicted molar refractivity (Wildman–Crippen MR) is 86.5 cm³/mol. The number of ether oxygens (including phenoxy) is 1. The Hall–Kier alpha value is -2.95. The Bertz CT molecular complexity index is 958. The molecule has 0 fully saturated rings. The zero-order chi connectivity index (χ0) is 16.6. The summed E-state index contributed by atoms with van der Waals surface area (Å²) in [5.41, 5.74) is 1.90. The van der Waals surface area contributed by atoms with E-state index in [0.29, 0.717) is 39.3 Å². The molecule has 2 aromatic heterocycles. The summed E-state index contributed by atoms with van der Waals surface area (Å²) in [5.74, 6) is 0.444. The largest absolute Gasteiger partial charge is 0.460 e. The van der Waals surface area contributed by atoms with Crippen molar-refractivity contribution in [2.45, 2.75) is 20.8 Å². The molecule has 1 aromatic carbocycles. The van der Waals surface area contributed by atoms with Crippen molar-refractivity contribution in [2.24, 2.45) is 0 Å². The van der Waals surface area contributed by atoms with Crippen LogP contribution in [0.5, 0.6) is 5.75 Å². The molecule has 116 valence electrons. The van der Waals surface area contributed by atoms with E-state index >= 15 is 0 Å². The van der Waals surface area contributed by atoms with Crippen LogP contribution in [-0.4, -0.2) is 11.0 Å². The van der Waals surface area contributed by atoms with Crippen LogP contribution < -0.4 is 10.2 Å². The first-order valence-electron chi connectivity index (χ1n) is 7.16. The van der Waals surface area contributed by atoms with E-state index in [1.54, 1.807) is 44.3 Å². The maximum Gasteiger partial charge on any atom is 0.308 e. The van der Waals surface area contributed by atoms with Gasteiger partial charge < -0.3 is 9.15 Å². The second-order valence-electron chi connectivity index (χ2n) is 5.24. The van der Waals surface area contributed by atoms with Crippen molar-refractivity contribution in [2.75, 3.05) is 0 Å². The molecule has 0 N–H and O–H groups in total. The number of aromatic nitrogens is 1. The molecule has 2 heterocycles. The number of fused-ring (bicyclic) bond motifs is 1. The van der Waals surface area contributed by atoms with Gasteiger partial charge in [-0.2, -0.15) is 0 Å². The van der Waals surface area contributed by atoms with Crippen molar-refractivity contribution >= 4 is 16.9 Å². The third kappa shape index (κ3) is 2.61. The Kier molecular flexibility index (Phi) is 3.70. The van der Waals surface area contributed by atoms with Crippen LogP contribution in [0.3, 0.4) is 0 Å². The van der Waals surface area contributed by atoms with Crippen LogP contribution in [0.4, 0.5) is 0 Å². The summed E-state index contributed by atoms with van der Waals surface area (Å²) in [7, 11) is 0. The molecule has 0 bridgehead atoms. The lowest BCUT2D eigenvalue weighted by molar-refractivity contribution is -0.131. The minimum absolute atomic E-state index is 0.153. The summed E-state index contributed by atoms with van der Waals surface area (Å²) in [6.07, 6.45) is 1.63. The molecule has 0 aliphatic carbocycles. The number of hydrogen-bond donors (Lipinski definition) is 0. The summed E-state index contributed by atoms with van der Waals surface area (Å²) in [5, 5.41) is 0.435. The molecular formula is C18H15NO4. The molecule has 0 aliphatic heterocycles. The third-order valence-electron chi connectivity index (χ3n) is 3.61. The molecule has 0 atom stereocenters. The minimum atomic E-state index is -0.420. The monoisotopic (exact) mass is 309 g/mol. The van der Waals surface area contributed by atoms with Gasteiger partial charge in [-0.05, 0) is 38.1 Å². The Morgan fingerprint density at radius 1 is 1.17 bits per heavy atom. The van der Waals surface area contributed by atoms with Crippen LogP contribution in [0.1, 0.15) is 18.2 Å². The third-order valence-corrected chi connectivity index (χ3v) is 3.61. The van der Waals surface area contributed by atoms with Gasteiger partial charge in [0.2, 0.25) is 5.43 Å². The molecule has 5 nitrogen and oxygen atoms in total. The summed E-state index contributed by atoms with van der Waals surface area (Å²) in [6.45, 7) is 4.81. The molecule has 0 amide bonds. The topological polar surface area (TPSA) is 69.4 Å². The summed E-state index contributed by atoms with van der Waals surface area (Å²) in [4.78, 5) is 28.2. The van der Waals surface area contributed by atoms with Crippen molar-refractivity contribution in [3.63, 3.8) is 0 Å². The molecular weight excluding hydrogens is 294 g/mol. The fraction of sp³-hybridized carbons (Fsp3) is 0.167. The first-order chi connectivity index (χ1) is 11.0. The second-order valence-corrected chi connectivity index (χ2v) is 5.24. The standard InChI is InChI=1S/C18H15NO4/c1-10-15(23-12(3)20)8-7-13-17(21)16(11(2)22-18(10)13)14-6-4-5-9-19-14/h4-9H,1-3H3. The molecule has 0 aliphatic rings. The Labute approximate surface area is 132 Å². The Morgan fingerprint density at radius 2 is 1.96 bits per heavy atom. The highest BCUT2D eigenvalue weighted by molar-refractivity contribution is 5.86. The highest BCUT2D eigenvalue weighted by Gasteiger charge is 2.17. The average Bonchev–Trinajstić information content (AvgIpc) is 2.51. The first kappa shape index (κ1) is 15.0. The van der Waals surface area contributed by atoms with Gasteiger partial charge in [-0.15, -0.1) is 0 Å². The van der Waals surface area contributed by atoms with E-state index in [9.17, 15) is 9.59 Å². The van der Waals surface area contributed by atoms with Gasteiger partial charge in [0.15, 0.2) is 0 Å². The van der Waals surface area contributed by atoms with Gasteiger partial charge in [0.1, 0.15) is 17.1 Å². The Morgan fingerprint density at radius 3 is 2.61 bits per heavy atom. The van der Waals surface area contributed by atoms with E-state index in [1.807, 2.05) is 6.07 Å². The second kappa shape index (κ2) is 5.68. The summed E-state index contributed by atoms with van der Waals surface area (Å²) < 4.78 is 11.0. The van der Waals surface area contributed by atoms with Gasteiger partial charge in [0.25, 0.3) is 0 Å². The zero-order valence-electron chi connectivity index (χ0n) is 13.0. The summed E-state index contributed by atoms with van der Waals surface area (Å²) >= 11 is 0. The van der Waals surface area contributed by atoms with Gasteiger partial charge in [-0.25, -0.2) is 0 Å². The normalized spacial score (nSPS) is 10.7. The zero-order valence-corrected chi connectivity index (χ0v) is 13.0. The molecule has 0 saturated heterocycles. The highest BCUT2D eigenvalue weighted by Crippen LogP contribution is 2.29. The van der Waals surface area contributed by atoms with E-state index in [1.165, 1.54) is 6.92 Å². The fourth-order valence-corrected chi connectivity index (χ4v) is 2.56. The number of esters is 1. The van der Waals surface area contributed by atoms with Gasteiger partial charge >= 0.3 is 5.97 Å². The summed E-state index contributed by atoms with van der Waals surface area (Å²) in [6, 6.07) is 8.59. The van der Waals surface area contributed by atoms with Crippen LogP contribution in [-0.2, 0) is 4.79 Å². The van der Waals surface area contributed by atoms with E-state index < -0.39 is 5.97 Å². The average molecular weight is 309 g/mol. The molecule has 0 saturated carbocycles. The number of aryl methyl sites for hydroxylation is 2. The Balaban J connectivity index is 2.29.